The lowest BCUT2D eigenvalue weighted by Gasteiger charge is -2.38. The molecule has 1 aliphatic heterocycles. The van der Waals surface area contributed by atoms with Crippen molar-refractivity contribution in [2.45, 2.75) is 56.6 Å². The maximum absolute atomic E-state index is 13.7. The monoisotopic (exact) mass is 544 g/mol. The number of piperidine rings is 1. The predicted molar refractivity (Wildman–Crippen MR) is 138 cm³/mol. The third kappa shape index (κ3) is 8.97. The zero-order chi connectivity index (χ0) is 26.8. The van der Waals surface area contributed by atoms with E-state index >= 15 is 0 Å². The van der Waals surface area contributed by atoms with Gasteiger partial charge in [0.2, 0.25) is 0 Å². The van der Waals surface area contributed by atoms with Crippen molar-refractivity contribution in [3.8, 4) is 0 Å². The van der Waals surface area contributed by atoms with Gasteiger partial charge in [-0.25, -0.2) is 18.4 Å². The lowest BCUT2D eigenvalue weighted by molar-refractivity contribution is -0.00864. The van der Waals surface area contributed by atoms with Gasteiger partial charge in [0.05, 0.1) is 19.8 Å². The highest BCUT2D eigenvalue weighted by Gasteiger charge is 2.36. The zero-order valence-electron chi connectivity index (χ0n) is 21.6. The molecule has 3 amide bonds. The molecule has 0 bridgehead atoms. The van der Waals surface area contributed by atoms with Crippen LogP contribution in [-0.2, 0) is 9.47 Å². The second kappa shape index (κ2) is 14.7. The number of nitrogens with zero attached hydrogens (tertiary/aromatic N) is 1. The molecule has 0 aromatic heterocycles. The summed E-state index contributed by atoms with van der Waals surface area (Å²) in [5.74, 6) is -0.0646. The Hall–Kier alpha value is -2.17. The topological polar surface area (TPSA) is 91.9 Å². The van der Waals surface area contributed by atoms with Gasteiger partial charge < -0.3 is 30.3 Å². The average molecular weight is 545 g/mol. The van der Waals surface area contributed by atoms with Gasteiger partial charge in [-0.3, -0.25) is 0 Å². The fraction of sp³-hybridized carbons (Fsp3) is 0.692. The number of urea groups is 1. The number of halogens is 3. The van der Waals surface area contributed by atoms with E-state index in [2.05, 4.69) is 20.7 Å². The Kier molecular flexibility index (Phi) is 11.7. The molecule has 208 valence electrons. The molecular weight excluding hydrogens is 506 g/mol. The Morgan fingerprint density at radius 2 is 2.00 bits per heavy atom. The van der Waals surface area contributed by atoms with Crippen molar-refractivity contribution >= 4 is 23.7 Å². The number of amides is 3. The van der Waals surface area contributed by atoms with Crippen LogP contribution in [0.5, 0.6) is 0 Å². The molecule has 1 aromatic carbocycles. The van der Waals surface area contributed by atoms with E-state index in [-0.39, 0.29) is 56.0 Å². The molecule has 2 aliphatic rings. The van der Waals surface area contributed by atoms with Crippen LogP contribution >= 0.6 is 11.6 Å². The average Bonchev–Trinajstić information content (AvgIpc) is 3.20. The van der Waals surface area contributed by atoms with Crippen LogP contribution < -0.4 is 16.0 Å². The molecule has 0 radical (unpaired) electrons. The van der Waals surface area contributed by atoms with Gasteiger partial charge in [0, 0.05) is 43.2 Å². The first-order valence-corrected chi connectivity index (χ1v) is 13.4. The van der Waals surface area contributed by atoms with Gasteiger partial charge in [-0.05, 0) is 62.8 Å². The van der Waals surface area contributed by atoms with E-state index in [1.807, 2.05) is 18.2 Å². The summed E-state index contributed by atoms with van der Waals surface area (Å²) in [7, 11) is 3.10. The molecule has 0 spiro atoms. The molecule has 37 heavy (non-hydrogen) atoms. The SMILES string of the molecule is CNC[C@H](C[C@H]1C[C@@H](F)[C@@H](F)C1)NC(=O)N1CCC[C@@H]([C@@H](OCCNC(=O)OC)c2cccc(Cl)c2)C1. The van der Waals surface area contributed by atoms with E-state index in [4.69, 9.17) is 16.3 Å². The molecular formula is C26H39ClF2N4O4. The van der Waals surface area contributed by atoms with E-state index < -0.39 is 18.4 Å². The molecule has 11 heteroatoms. The first-order valence-electron chi connectivity index (χ1n) is 13.0. The van der Waals surface area contributed by atoms with E-state index in [0.717, 1.165) is 18.4 Å². The lowest BCUT2D eigenvalue weighted by atomic mass is 9.88. The van der Waals surface area contributed by atoms with Crippen molar-refractivity contribution in [3.05, 3.63) is 34.9 Å². The number of carbonyl (C=O) groups excluding carboxylic acids is 2. The molecule has 1 heterocycles. The van der Waals surface area contributed by atoms with E-state index in [1.165, 1.54) is 7.11 Å². The van der Waals surface area contributed by atoms with Crippen LogP contribution in [0.25, 0.3) is 0 Å². The summed E-state index contributed by atoms with van der Waals surface area (Å²) in [6, 6.07) is 7.07. The third-order valence-electron chi connectivity index (χ3n) is 7.11. The number of benzene rings is 1. The van der Waals surface area contributed by atoms with E-state index in [0.29, 0.717) is 31.1 Å². The largest absolute Gasteiger partial charge is 0.453 e. The van der Waals surface area contributed by atoms with Gasteiger partial charge in [-0.2, -0.15) is 0 Å². The summed E-state index contributed by atoms with van der Waals surface area (Å²) in [6.45, 7) is 2.18. The highest BCUT2D eigenvalue weighted by molar-refractivity contribution is 6.30. The maximum atomic E-state index is 13.7. The van der Waals surface area contributed by atoms with Crippen molar-refractivity contribution in [2.75, 3.05) is 46.9 Å². The van der Waals surface area contributed by atoms with Gasteiger partial charge >= 0.3 is 12.1 Å². The van der Waals surface area contributed by atoms with Crippen molar-refractivity contribution < 1.29 is 27.8 Å². The van der Waals surface area contributed by atoms with Crippen molar-refractivity contribution in [3.63, 3.8) is 0 Å². The number of rotatable bonds is 11. The summed E-state index contributed by atoms with van der Waals surface area (Å²) >= 11 is 6.25. The number of hydrogen-bond acceptors (Lipinski definition) is 5. The minimum absolute atomic E-state index is 0.0215. The number of nitrogens with one attached hydrogen (secondary N) is 3. The van der Waals surface area contributed by atoms with Crippen molar-refractivity contribution in [1.29, 1.82) is 0 Å². The highest BCUT2D eigenvalue weighted by atomic mass is 35.5. The summed E-state index contributed by atoms with van der Waals surface area (Å²) in [4.78, 5) is 26.4. The Labute approximate surface area is 222 Å². The van der Waals surface area contributed by atoms with Gasteiger partial charge in [0.15, 0.2) is 0 Å². The lowest BCUT2D eigenvalue weighted by Crippen LogP contribution is -2.51. The van der Waals surface area contributed by atoms with Crippen LogP contribution in [0, 0.1) is 11.8 Å². The van der Waals surface area contributed by atoms with Crippen LogP contribution in [-0.4, -0.2) is 82.4 Å². The number of carbonyl (C=O) groups is 2. The molecule has 1 aliphatic carbocycles. The predicted octanol–water partition coefficient (Wildman–Crippen LogP) is 4.24. The summed E-state index contributed by atoms with van der Waals surface area (Å²) in [5.41, 5.74) is 0.911. The Morgan fingerprint density at radius 1 is 1.24 bits per heavy atom. The first-order chi connectivity index (χ1) is 17.8. The Balaban J connectivity index is 1.62. The molecule has 1 saturated carbocycles. The fourth-order valence-corrected chi connectivity index (χ4v) is 5.57. The summed E-state index contributed by atoms with van der Waals surface area (Å²) in [5, 5.41) is 9.36. The zero-order valence-corrected chi connectivity index (χ0v) is 22.3. The minimum Gasteiger partial charge on any atom is -0.453 e. The Bertz CT molecular complexity index is 873. The molecule has 8 nitrogen and oxygen atoms in total. The van der Waals surface area contributed by atoms with Crippen LogP contribution in [0.1, 0.15) is 43.8 Å². The number of hydrogen-bond donors (Lipinski definition) is 3. The molecule has 1 saturated heterocycles. The Morgan fingerprint density at radius 3 is 2.68 bits per heavy atom. The maximum Gasteiger partial charge on any atom is 0.406 e. The smallest absolute Gasteiger partial charge is 0.406 e. The molecule has 3 N–H and O–H groups in total. The molecule has 6 atom stereocenters. The molecule has 1 aromatic rings. The number of likely N-dealkylation sites (N-methyl/N-ethyl adjacent to an activating group) is 1. The molecule has 2 fully saturated rings. The number of alkyl carbamates (subject to hydrolysis) is 1. The van der Waals surface area contributed by atoms with Gasteiger partial charge in [0.1, 0.15) is 12.3 Å². The number of likely N-dealkylation sites (tertiary alicyclic amines) is 1. The molecule has 0 unspecified atom stereocenters. The number of methoxy groups -OCH3 is 1. The highest BCUT2D eigenvalue weighted by Crippen LogP contribution is 2.35. The summed E-state index contributed by atoms with van der Waals surface area (Å²) < 4.78 is 38.2. The second-order valence-electron chi connectivity index (χ2n) is 9.92. The van der Waals surface area contributed by atoms with Crippen molar-refractivity contribution in [2.24, 2.45) is 11.8 Å². The summed E-state index contributed by atoms with van der Waals surface area (Å²) in [6.07, 6.45) is -1.06. The first kappa shape index (κ1) is 29.4. The fourth-order valence-electron chi connectivity index (χ4n) is 5.37. The second-order valence-corrected chi connectivity index (χ2v) is 10.4. The van der Waals surface area contributed by atoms with Crippen LogP contribution in [0.15, 0.2) is 24.3 Å². The van der Waals surface area contributed by atoms with Crippen LogP contribution in [0.4, 0.5) is 18.4 Å². The third-order valence-corrected chi connectivity index (χ3v) is 7.35. The van der Waals surface area contributed by atoms with E-state index in [9.17, 15) is 18.4 Å². The van der Waals surface area contributed by atoms with Gasteiger partial charge in [0.25, 0.3) is 0 Å². The van der Waals surface area contributed by atoms with E-state index in [1.54, 1.807) is 18.0 Å². The molecule has 3 rings (SSSR count). The minimum atomic E-state index is -1.41. The van der Waals surface area contributed by atoms with Crippen LogP contribution in [0.2, 0.25) is 5.02 Å². The normalized spacial score (nSPS) is 25.4. The standard InChI is InChI=1S/C26H39ClF2N4O4/c1-30-15-21(11-17-12-22(28)23(29)13-17)32-25(34)33-9-4-6-19(16-33)24(18-5-3-7-20(27)14-18)37-10-8-31-26(35)36-2/h3,5,7,14,17,19,21-24,30H,4,6,8-13,15-16H2,1-2H3,(H,31,35)(H,32,34)/t17-,19-,21+,22+,23-,24+/m1/s1. The van der Waals surface area contributed by atoms with Crippen LogP contribution in [0.3, 0.4) is 0 Å². The van der Waals surface area contributed by atoms with Gasteiger partial charge in [-0.15, -0.1) is 0 Å². The van der Waals surface area contributed by atoms with Crippen molar-refractivity contribution in [1.82, 2.24) is 20.9 Å². The quantitative estimate of drug-likeness (QED) is 0.362. The van der Waals surface area contributed by atoms with Gasteiger partial charge in [-0.1, -0.05) is 23.7 Å². The number of ether oxygens (including phenoxy) is 2. The number of alkyl halides is 2.